The van der Waals surface area contributed by atoms with Crippen molar-refractivity contribution in [2.75, 3.05) is 7.11 Å². The van der Waals surface area contributed by atoms with Gasteiger partial charge in [-0.05, 0) is 98.2 Å². The van der Waals surface area contributed by atoms with Crippen LogP contribution in [0.1, 0.15) is 92.9 Å². The molecule has 4 aliphatic carbocycles. The zero-order valence-electron chi connectivity index (χ0n) is 19.1. The van der Waals surface area contributed by atoms with Crippen LogP contribution >= 0.6 is 0 Å². The highest BCUT2D eigenvalue weighted by molar-refractivity contribution is 5.11. The highest BCUT2D eigenvalue weighted by atomic mass is 16.5. The van der Waals surface area contributed by atoms with Gasteiger partial charge in [-0.15, -0.1) is 0 Å². The first kappa shape index (κ1) is 21.6. The Bertz CT molecular complexity index is 503. The van der Waals surface area contributed by atoms with E-state index in [4.69, 9.17) is 4.74 Å². The Morgan fingerprint density at radius 1 is 0.926 bits per heavy atom. The van der Waals surface area contributed by atoms with Gasteiger partial charge in [0, 0.05) is 7.11 Å². The molecule has 10 atom stereocenters. The zero-order chi connectivity index (χ0) is 20.0. The van der Waals surface area contributed by atoms with E-state index in [-0.39, 0.29) is 6.10 Å². The van der Waals surface area contributed by atoms with E-state index in [0.717, 1.165) is 29.6 Å². The molecule has 158 valence electrons. The van der Waals surface area contributed by atoms with Crippen LogP contribution in [0.25, 0.3) is 0 Å². The average Bonchev–Trinajstić information content (AvgIpc) is 3.01. The highest BCUT2D eigenvalue weighted by Gasteiger charge is 2.63. The number of hydrogen-bond acceptors (Lipinski definition) is 2. The van der Waals surface area contributed by atoms with E-state index in [2.05, 4.69) is 20.8 Å². The van der Waals surface area contributed by atoms with Crippen LogP contribution in [0.5, 0.6) is 0 Å². The molecular weight excluding hydrogens is 332 g/mol. The second-order valence-corrected chi connectivity index (χ2v) is 10.9. The van der Waals surface area contributed by atoms with Crippen molar-refractivity contribution in [1.29, 1.82) is 0 Å². The van der Waals surface area contributed by atoms with Crippen molar-refractivity contribution in [1.82, 2.24) is 0 Å². The minimum Gasteiger partial charge on any atom is -0.393 e. The van der Waals surface area contributed by atoms with Crippen LogP contribution in [-0.2, 0) is 4.74 Å². The van der Waals surface area contributed by atoms with Gasteiger partial charge in [-0.2, -0.15) is 0 Å². The quantitative estimate of drug-likeness (QED) is 0.610. The number of methoxy groups -OCH3 is 1. The minimum absolute atomic E-state index is 0.157. The van der Waals surface area contributed by atoms with Gasteiger partial charge in [0.05, 0.1) is 12.2 Å². The molecular formula is C25H46O2. The van der Waals surface area contributed by atoms with Gasteiger partial charge in [0.25, 0.3) is 0 Å². The Balaban J connectivity index is 0.00000102. The van der Waals surface area contributed by atoms with Crippen LogP contribution in [0.4, 0.5) is 0 Å². The highest BCUT2D eigenvalue weighted by Crippen LogP contribution is 2.68. The van der Waals surface area contributed by atoms with E-state index in [1.165, 1.54) is 51.4 Å². The SMILES string of the molecule is CC.COC1CC2CC(C)CCC2(C)C2CCC3(C)C(C(C)O)CCC3C12. The molecule has 2 heteroatoms. The maximum Gasteiger partial charge on any atom is 0.0608 e. The van der Waals surface area contributed by atoms with E-state index in [0.29, 0.717) is 22.9 Å². The van der Waals surface area contributed by atoms with Crippen molar-refractivity contribution in [3.05, 3.63) is 0 Å². The summed E-state index contributed by atoms with van der Waals surface area (Å²) in [5, 5.41) is 10.4. The molecule has 0 aromatic carbocycles. The fourth-order valence-electron chi connectivity index (χ4n) is 8.49. The van der Waals surface area contributed by atoms with Crippen LogP contribution in [0.2, 0.25) is 0 Å². The molecule has 4 aliphatic rings. The summed E-state index contributed by atoms with van der Waals surface area (Å²) in [7, 11) is 1.96. The van der Waals surface area contributed by atoms with E-state index >= 15 is 0 Å². The Morgan fingerprint density at radius 2 is 1.56 bits per heavy atom. The smallest absolute Gasteiger partial charge is 0.0608 e. The topological polar surface area (TPSA) is 29.5 Å². The molecule has 0 spiro atoms. The normalized spacial score (nSPS) is 52.7. The molecule has 0 aromatic heterocycles. The predicted octanol–water partition coefficient (Wildman–Crippen LogP) is 6.31. The Hall–Kier alpha value is -0.0800. The molecule has 27 heavy (non-hydrogen) atoms. The monoisotopic (exact) mass is 378 g/mol. The minimum atomic E-state index is -0.157. The van der Waals surface area contributed by atoms with Gasteiger partial charge in [-0.25, -0.2) is 0 Å². The van der Waals surface area contributed by atoms with Crippen molar-refractivity contribution in [3.63, 3.8) is 0 Å². The third kappa shape index (κ3) is 3.31. The largest absolute Gasteiger partial charge is 0.393 e. The number of aliphatic hydroxyl groups excluding tert-OH is 1. The summed E-state index contributed by atoms with van der Waals surface area (Å²) in [5.74, 6) is 4.57. The van der Waals surface area contributed by atoms with Gasteiger partial charge in [0.1, 0.15) is 0 Å². The summed E-state index contributed by atoms with van der Waals surface area (Å²) in [5.41, 5.74) is 0.869. The Kier molecular flexibility index (Phi) is 6.39. The van der Waals surface area contributed by atoms with Crippen LogP contribution < -0.4 is 0 Å². The summed E-state index contributed by atoms with van der Waals surface area (Å²) in [6, 6.07) is 0. The van der Waals surface area contributed by atoms with Crippen molar-refractivity contribution < 1.29 is 9.84 Å². The van der Waals surface area contributed by atoms with E-state index in [1.807, 2.05) is 27.9 Å². The first-order chi connectivity index (χ1) is 12.8. The van der Waals surface area contributed by atoms with Crippen molar-refractivity contribution in [3.8, 4) is 0 Å². The van der Waals surface area contributed by atoms with Gasteiger partial charge in [0.15, 0.2) is 0 Å². The Morgan fingerprint density at radius 3 is 2.19 bits per heavy atom. The molecule has 4 saturated carbocycles. The molecule has 10 unspecified atom stereocenters. The van der Waals surface area contributed by atoms with Crippen molar-refractivity contribution in [2.45, 2.75) is 105 Å². The third-order valence-corrected chi connectivity index (χ3v) is 9.88. The summed E-state index contributed by atoms with van der Waals surface area (Å²) in [6.07, 6.45) is 11.1. The van der Waals surface area contributed by atoms with Crippen LogP contribution in [-0.4, -0.2) is 24.4 Å². The molecule has 0 aliphatic heterocycles. The number of ether oxygens (including phenoxy) is 1. The lowest BCUT2D eigenvalue weighted by molar-refractivity contribution is -0.178. The summed E-state index contributed by atoms with van der Waals surface area (Å²) in [4.78, 5) is 0. The first-order valence-electron chi connectivity index (χ1n) is 12.0. The molecule has 2 nitrogen and oxygen atoms in total. The summed E-state index contributed by atoms with van der Waals surface area (Å²) < 4.78 is 6.18. The molecule has 0 amide bonds. The van der Waals surface area contributed by atoms with Gasteiger partial charge >= 0.3 is 0 Å². The van der Waals surface area contributed by atoms with Crippen LogP contribution in [0, 0.1) is 46.3 Å². The number of fused-ring (bicyclic) bond motifs is 5. The van der Waals surface area contributed by atoms with Gasteiger partial charge in [-0.3, -0.25) is 0 Å². The lowest BCUT2D eigenvalue weighted by atomic mass is 9.43. The van der Waals surface area contributed by atoms with Gasteiger partial charge in [-0.1, -0.05) is 41.0 Å². The number of aliphatic hydroxyl groups is 1. The van der Waals surface area contributed by atoms with E-state index < -0.39 is 0 Å². The Labute approximate surface area is 168 Å². The molecule has 4 rings (SSSR count). The maximum atomic E-state index is 10.4. The standard InChI is InChI=1S/C23H40O2.C2H6/c1-14-8-10-22(3)16(12-14)13-20(25-5)21-18-7-6-17(15(2)24)23(18,4)11-9-19(21)22;1-2/h14-21,24H,6-13H2,1-5H3;1-2H3. The predicted molar refractivity (Wildman–Crippen MR) is 114 cm³/mol. The first-order valence-corrected chi connectivity index (χ1v) is 12.0. The molecule has 0 bridgehead atoms. The average molecular weight is 379 g/mol. The fraction of sp³-hybridized carbons (Fsp3) is 1.00. The molecule has 0 saturated heterocycles. The summed E-state index contributed by atoms with van der Waals surface area (Å²) in [6.45, 7) is 13.6. The number of rotatable bonds is 2. The fourth-order valence-corrected chi connectivity index (χ4v) is 8.49. The van der Waals surface area contributed by atoms with E-state index in [9.17, 15) is 5.11 Å². The zero-order valence-corrected chi connectivity index (χ0v) is 19.1. The van der Waals surface area contributed by atoms with Gasteiger partial charge < -0.3 is 9.84 Å². The lowest BCUT2D eigenvalue weighted by Gasteiger charge is -2.63. The molecule has 4 fully saturated rings. The maximum absolute atomic E-state index is 10.4. The second-order valence-electron chi connectivity index (χ2n) is 10.9. The van der Waals surface area contributed by atoms with Crippen molar-refractivity contribution in [2.24, 2.45) is 46.3 Å². The van der Waals surface area contributed by atoms with E-state index in [1.54, 1.807) is 0 Å². The van der Waals surface area contributed by atoms with Crippen molar-refractivity contribution >= 4 is 0 Å². The van der Waals surface area contributed by atoms with Gasteiger partial charge in [0.2, 0.25) is 0 Å². The molecule has 0 aromatic rings. The van der Waals surface area contributed by atoms with Crippen LogP contribution in [0.3, 0.4) is 0 Å². The molecule has 0 heterocycles. The molecule has 1 N–H and O–H groups in total. The second kappa shape index (κ2) is 7.98. The van der Waals surface area contributed by atoms with Crippen LogP contribution in [0.15, 0.2) is 0 Å². The number of hydrogen-bond donors (Lipinski definition) is 1. The molecule has 0 radical (unpaired) electrons. The summed E-state index contributed by atoms with van der Waals surface area (Å²) >= 11 is 0. The third-order valence-electron chi connectivity index (χ3n) is 9.88. The lowest BCUT2D eigenvalue weighted by Crippen LogP contribution is -2.58.